The van der Waals surface area contributed by atoms with Gasteiger partial charge in [0.25, 0.3) is 0 Å². The Bertz CT molecular complexity index is 610. The Hall–Kier alpha value is -1.52. The molecule has 0 aliphatic carbocycles. The molecule has 0 aliphatic heterocycles. The Morgan fingerprint density at radius 2 is 1.76 bits per heavy atom. The van der Waals surface area contributed by atoms with Crippen LogP contribution >= 0.6 is 11.6 Å². The van der Waals surface area contributed by atoms with E-state index in [-0.39, 0.29) is 5.92 Å². The largest absolute Gasteiger partial charge is 0.416 e. The van der Waals surface area contributed by atoms with Crippen LogP contribution in [0, 0.1) is 0 Å². The number of alkyl halides is 3. The van der Waals surface area contributed by atoms with Gasteiger partial charge in [-0.3, -0.25) is 0 Å². The van der Waals surface area contributed by atoms with Crippen LogP contribution in [0.25, 0.3) is 0 Å². The van der Waals surface area contributed by atoms with E-state index < -0.39 is 11.7 Å². The average molecular weight is 314 g/mol. The van der Waals surface area contributed by atoms with Crippen LogP contribution < -0.4 is 5.73 Å². The van der Waals surface area contributed by atoms with Crippen molar-refractivity contribution in [2.24, 2.45) is 5.73 Å². The van der Waals surface area contributed by atoms with E-state index in [0.29, 0.717) is 23.6 Å². The monoisotopic (exact) mass is 313 g/mol. The topological polar surface area (TPSA) is 26.0 Å². The van der Waals surface area contributed by atoms with Crippen LogP contribution in [0.1, 0.15) is 22.6 Å². The van der Waals surface area contributed by atoms with Crippen LogP contribution in [0.5, 0.6) is 0 Å². The van der Waals surface area contributed by atoms with Crippen molar-refractivity contribution in [1.82, 2.24) is 0 Å². The van der Waals surface area contributed by atoms with E-state index in [1.165, 1.54) is 12.1 Å². The van der Waals surface area contributed by atoms with Gasteiger partial charge in [-0.05, 0) is 42.3 Å². The summed E-state index contributed by atoms with van der Waals surface area (Å²) in [4.78, 5) is 0. The molecule has 112 valence electrons. The van der Waals surface area contributed by atoms with Gasteiger partial charge in [0.2, 0.25) is 0 Å². The molecule has 2 N–H and O–H groups in total. The first kappa shape index (κ1) is 15.9. The second-order valence-electron chi connectivity index (χ2n) is 4.89. The van der Waals surface area contributed by atoms with Crippen LogP contribution in [-0.4, -0.2) is 6.54 Å². The van der Waals surface area contributed by atoms with Gasteiger partial charge < -0.3 is 5.73 Å². The van der Waals surface area contributed by atoms with Gasteiger partial charge >= 0.3 is 6.18 Å². The van der Waals surface area contributed by atoms with Crippen LogP contribution in [-0.2, 0) is 12.6 Å². The zero-order valence-corrected chi connectivity index (χ0v) is 12.0. The number of hydrogen-bond acceptors (Lipinski definition) is 1. The Morgan fingerprint density at radius 3 is 2.38 bits per heavy atom. The van der Waals surface area contributed by atoms with E-state index in [4.69, 9.17) is 17.3 Å². The lowest BCUT2D eigenvalue weighted by Gasteiger charge is -2.16. The lowest BCUT2D eigenvalue weighted by atomic mass is 9.91. The first-order valence-corrected chi connectivity index (χ1v) is 6.89. The van der Waals surface area contributed by atoms with Crippen LogP contribution in [0.2, 0.25) is 5.02 Å². The summed E-state index contributed by atoms with van der Waals surface area (Å²) in [5.41, 5.74) is 6.67. The normalized spacial score (nSPS) is 13.2. The van der Waals surface area contributed by atoms with Crippen molar-refractivity contribution in [3.8, 4) is 0 Å². The average Bonchev–Trinajstić information content (AvgIpc) is 2.44. The number of rotatable bonds is 4. The molecule has 0 fully saturated rings. The van der Waals surface area contributed by atoms with Gasteiger partial charge in [-0.15, -0.1) is 0 Å². The van der Waals surface area contributed by atoms with E-state index in [2.05, 4.69) is 0 Å². The summed E-state index contributed by atoms with van der Waals surface area (Å²) in [7, 11) is 0. The standard InChI is InChI=1S/C16H15ClF3N/c17-15-6-2-4-12(9-15)13(10-21)7-11-3-1-5-14(8-11)16(18,19)20/h1-6,8-9,13H,7,10,21H2. The highest BCUT2D eigenvalue weighted by Gasteiger charge is 2.30. The maximum atomic E-state index is 12.7. The Labute approximate surface area is 126 Å². The van der Waals surface area contributed by atoms with E-state index >= 15 is 0 Å². The van der Waals surface area contributed by atoms with Crippen LogP contribution in [0.4, 0.5) is 13.2 Å². The van der Waals surface area contributed by atoms with E-state index in [9.17, 15) is 13.2 Å². The molecule has 0 amide bonds. The fourth-order valence-corrected chi connectivity index (χ4v) is 2.46. The minimum atomic E-state index is -4.33. The zero-order chi connectivity index (χ0) is 15.5. The lowest BCUT2D eigenvalue weighted by Crippen LogP contribution is -2.15. The molecule has 1 unspecified atom stereocenters. The van der Waals surface area contributed by atoms with Gasteiger partial charge in [0.15, 0.2) is 0 Å². The second-order valence-corrected chi connectivity index (χ2v) is 5.33. The summed E-state index contributed by atoms with van der Waals surface area (Å²) >= 11 is 5.94. The van der Waals surface area contributed by atoms with Crippen molar-refractivity contribution in [3.63, 3.8) is 0 Å². The second kappa shape index (κ2) is 6.50. The Morgan fingerprint density at radius 1 is 1.05 bits per heavy atom. The molecule has 0 aliphatic rings. The molecule has 2 rings (SSSR count). The minimum absolute atomic E-state index is 0.0628. The molecule has 2 aromatic rings. The number of hydrogen-bond donors (Lipinski definition) is 1. The molecular weight excluding hydrogens is 299 g/mol. The number of halogens is 4. The van der Waals surface area contributed by atoms with Crippen molar-refractivity contribution in [2.75, 3.05) is 6.54 Å². The summed E-state index contributed by atoms with van der Waals surface area (Å²) in [5.74, 6) is -0.0628. The highest BCUT2D eigenvalue weighted by atomic mass is 35.5. The molecule has 2 aromatic carbocycles. The maximum absolute atomic E-state index is 12.7. The fourth-order valence-electron chi connectivity index (χ4n) is 2.26. The molecule has 21 heavy (non-hydrogen) atoms. The lowest BCUT2D eigenvalue weighted by molar-refractivity contribution is -0.137. The van der Waals surface area contributed by atoms with Gasteiger partial charge in [-0.1, -0.05) is 41.9 Å². The van der Waals surface area contributed by atoms with E-state index in [1.54, 1.807) is 18.2 Å². The van der Waals surface area contributed by atoms with Crippen molar-refractivity contribution in [3.05, 3.63) is 70.2 Å². The molecule has 0 aromatic heterocycles. The molecule has 0 heterocycles. The highest BCUT2D eigenvalue weighted by Crippen LogP contribution is 2.31. The van der Waals surface area contributed by atoms with Crippen LogP contribution in [0.3, 0.4) is 0 Å². The molecule has 0 bridgehead atoms. The summed E-state index contributed by atoms with van der Waals surface area (Å²) in [6.07, 6.45) is -3.88. The van der Waals surface area contributed by atoms with Crippen LogP contribution in [0.15, 0.2) is 48.5 Å². The molecule has 0 saturated heterocycles. The number of nitrogens with two attached hydrogens (primary N) is 1. The molecular formula is C16H15ClF3N. The maximum Gasteiger partial charge on any atom is 0.416 e. The van der Waals surface area contributed by atoms with Crippen molar-refractivity contribution in [1.29, 1.82) is 0 Å². The summed E-state index contributed by atoms with van der Waals surface area (Å²) in [5, 5.41) is 0.593. The van der Waals surface area contributed by atoms with Gasteiger partial charge in [0, 0.05) is 10.9 Å². The Balaban J connectivity index is 2.23. The van der Waals surface area contributed by atoms with Crippen molar-refractivity contribution < 1.29 is 13.2 Å². The zero-order valence-electron chi connectivity index (χ0n) is 11.2. The van der Waals surface area contributed by atoms with Crippen molar-refractivity contribution >= 4 is 11.6 Å². The van der Waals surface area contributed by atoms with Gasteiger partial charge in [0.05, 0.1) is 5.56 Å². The smallest absolute Gasteiger partial charge is 0.330 e. The van der Waals surface area contributed by atoms with Crippen molar-refractivity contribution in [2.45, 2.75) is 18.5 Å². The number of benzene rings is 2. The summed E-state index contributed by atoms with van der Waals surface area (Å²) < 4.78 is 38.2. The molecule has 0 saturated carbocycles. The summed E-state index contributed by atoms with van der Waals surface area (Å²) in [6, 6.07) is 12.6. The van der Waals surface area contributed by atoms with Gasteiger partial charge in [0.1, 0.15) is 0 Å². The molecule has 0 radical (unpaired) electrons. The first-order chi connectivity index (χ1) is 9.90. The molecule has 1 atom stereocenters. The predicted octanol–water partition coefficient (Wildman–Crippen LogP) is 4.64. The molecule has 0 spiro atoms. The Kier molecular flexibility index (Phi) is 4.91. The summed E-state index contributed by atoms with van der Waals surface area (Å²) in [6.45, 7) is 0.344. The molecule has 5 heteroatoms. The SMILES string of the molecule is NCC(Cc1cccc(C(F)(F)F)c1)c1cccc(Cl)c1. The third-order valence-electron chi connectivity index (χ3n) is 3.34. The fraction of sp³-hybridized carbons (Fsp3) is 0.250. The quantitative estimate of drug-likeness (QED) is 0.874. The van der Waals surface area contributed by atoms with E-state index in [0.717, 1.165) is 11.6 Å². The highest BCUT2D eigenvalue weighted by molar-refractivity contribution is 6.30. The van der Waals surface area contributed by atoms with E-state index in [1.807, 2.05) is 12.1 Å². The predicted molar refractivity (Wildman–Crippen MR) is 78.4 cm³/mol. The molecule has 1 nitrogen and oxygen atoms in total. The third kappa shape index (κ3) is 4.22. The van der Waals surface area contributed by atoms with Gasteiger partial charge in [-0.25, -0.2) is 0 Å². The first-order valence-electron chi connectivity index (χ1n) is 6.52. The van der Waals surface area contributed by atoms with Gasteiger partial charge in [-0.2, -0.15) is 13.2 Å². The third-order valence-corrected chi connectivity index (χ3v) is 3.58. The minimum Gasteiger partial charge on any atom is -0.330 e.